The second-order valence-electron chi connectivity index (χ2n) is 7.06. The van der Waals surface area contributed by atoms with E-state index in [0.29, 0.717) is 18.6 Å². The van der Waals surface area contributed by atoms with Gasteiger partial charge in [0.25, 0.3) is 0 Å². The Hall–Kier alpha value is -4.08. The minimum Gasteiger partial charge on any atom is -0.475 e. The summed E-state index contributed by atoms with van der Waals surface area (Å²) in [7, 11) is 0. The van der Waals surface area contributed by atoms with Crippen LogP contribution in [0.3, 0.4) is 0 Å². The topological polar surface area (TPSA) is 118 Å². The number of carbonyl (C=O) groups excluding carboxylic acids is 1. The fourth-order valence-corrected chi connectivity index (χ4v) is 3.08. The molecule has 0 aliphatic rings. The number of nitrogens with zero attached hydrogens (tertiary/aromatic N) is 1. The van der Waals surface area contributed by atoms with Crippen LogP contribution in [0.5, 0.6) is 0 Å². The summed E-state index contributed by atoms with van der Waals surface area (Å²) in [5.41, 5.74) is 6.13. The average molecular weight is 475 g/mol. The summed E-state index contributed by atoms with van der Waals surface area (Å²) in [5, 5.41) is 10.7. The molecule has 0 amide bonds. The lowest BCUT2D eigenvalue weighted by molar-refractivity contribution is -0.192. The number of rotatable bonds is 7. The van der Waals surface area contributed by atoms with Crippen molar-refractivity contribution in [2.75, 3.05) is 6.61 Å². The van der Waals surface area contributed by atoms with Crippen LogP contribution in [-0.2, 0) is 22.4 Å². The average Bonchev–Trinajstić information content (AvgIpc) is 3.25. The first-order chi connectivity index (χ1) is 16.2. The third-order valence-electron chi connectivity index (χ3n) is 4.67. The molecule has 180 valence electrons. The number of hydrazone groups is 1. The van der Waals surface area contributed by atoms with Gasteiger partial charge in [-0.05, 0) is 41.2 Å². The monoisotopic (exact) mass is 475 g/mol. The maximum absolute atomic E-state index is 12.1. The Kier molecular flexibility index (Phi) is 9.42. The quantitative estimate of drug-likeness (QED) is 0.204. The molecule has 4 N–H and O–H groups in total. The molecule has 0 radical (unpaired) electrons. The molecule has 3 aromatic rings. The largest absolute Gasteiger partial charge is 0.490 e. The second kappa shape index (κ2) is 12.2. The number of aromatic nitrogens is 1. The van der Waals surface area contributed by atoms with E-state index in [1.165, 1.54) is 16.7 Å². The third-order valence-corrected chi connectivity index (χ3v) is 4.67. The van der Waals surface area contributed by atoms with Crippen LogP contribution in [0, 0.1) is 0 Å². The normalized spacial score (nSPS) is 11.1. The Bertz CT molecular complexity index is 1120. The van der Waals surface area contributed by atoms with Gasteiger partial charge in [-0.2, -0.15) is 18.3 Å². The Morgan fingerprint density at radius 3 is 2.15 bits per heavy atom. The molecule has 0 spiro atoms. The zero-order chi connectivity index (χ0) is 25.1. The van der Waals surface area contributed by atoms with Crippen LogP contribution in [0.25, 0.3) is 0 Å². The number of carboxylic acid groups (broad SMARTS) is 1. The van der Waals surface area contributed by atoms with Crippen molar-refractivity contribution in [2.45, 2.75) is 25.9 Å². The summed E-state index contributed by atoms with van der Waals surface area (Å²) < 4.78 is 36.9. The van der Waals surface area contributed by atoms with Crippen molar-refractivity contribution in [3.05, 3.63) is 94.3 Å². The molecule has 0 unspecified atom stereocenters. The lowest BCUT2D eigenvalue weighted by atomic mass is 9.94. The predicted molar refractivity (Wildman–Crippen MR) is 121 cm³/mol. The molecule has 0 bridgehead atoms. The van der Waals surface area contributed by atoms with Crippen LogP contribution in [0.2, 0.25) is 0 Å². The number of aromatic amines is 1. The number of aliphatic carboxylic acids is 1. The highest BCUT2D eigenvalue weighted by atomic mass is 19.4. The number of nitrogens with two attached hydrogens (primary N) is 1. The first-order valence-electron chi connectivity index (χ1n) is 10.2. The number of ether oxygens (including phenoxy) is 1. The number of esters is 1. The van der Waals surface area contributed by atoms with E-state index in [-0.39, 0.29) is 5.97 Å². The van der Waals surface area contributed by atoms with Crippen molar-refractivity contribution in [1.82, 2.24) is 4.98 Å². The summed E-state index contributed by atoms with van der Waals surface area (Å²) >= 11 is 0. The number of H-pyrrole nitrogens is 1. The van der Waals surface area contributed by atoms with Crippen LogP contribution >= 0.6 is 0 Å². The molecule has 0 aliphatic heterocycles. The fourth-order valence-electron chi connectivity index (χ4n) is 3.08. The van der Waals surface area contributed by atoms with E-state index in [0.717, 1.165) is 17.5 Å². The second-order valence-corrected chi connectivity index (χ2v) is 7.06. The van der Waals surface area contributed by atoms with Crippen LogP contribution < -0.4 is 5.84 Å². The number of alkyl halides is 3. The first-order valence-corrected chi connectivity index (χ1v) is 10.2. The van der Waals surface area contributed by atoms with Gasteiger partial charge < -0.3 is 20.7 Å². The first kappa shape index (κ1) is 26.2. The third kappa shape index (κ3) is 7.80. The highest BCUT2D eigenvalue weighted by Crippen LogP contribution is 2.21. The van der Waals surface area contributed by atoms with Gasteiger partial charge in [-0.25, -0.2) is 9.59 Å². The van der Waals surface area contributed by atoms with Gasteiger partial charge in [-0.3, -0.25) is 0 Å². The van der Waals surface area contributed by atoms with Crippen LogP contribution in [-0.4, -0.2) is 41.0 Å². The lowest BCUT2D eigenvalue weighted by Gasteiger charge is -2.10. The molecule has 0 atom stereocenters. The number of nitrogens with one attached hydrogen (secondary N) is 1. The molecule has 10 heteroatoms. The molecule has 1 aromatic heterocycles. The molecule has 0 saturated heterocycles. The van der Waals surface area contributed by atoms with Crippen LogP contribution in [0.4, 0.5) is 13.2 Å². The van der Waals surface area contributed by atoms with E-state index < -0.39 is 12.1 Å². The summed E-state index contributed by atoms with van der Waals surface area (Å²) in [6, 6.07) is 16.4. The van der Waals surface area contributed by atoms with E-state index in [9.17, 15) is 18.0 Å². The van der Waals surface area contributed by atoms with Gasteiger partial charge in [0.1, 0.15) is 0 Å². The summed E-state index contributed by atoms with van der Waals surface area (Å²) in [6.07, 6.45) is 1.60. The number of carboxylic acids is 1. The minimum atomic E-state index is -5.08. The summed E-state index contributed by atoms with van der Waals surface area (Å²) in [6.45, 7) is 2.18. The van der Waals surface area contributed by atoms with Gasteiger partial charge in [-0.1, -0.05) is 48.5 Å². The maximum Gasteiger partial charge on any atom is 0.490 e. The standard InChI is InChI=1S/C22H23N3O2.C2HF3O2/c1-2-27-22(26)21-15-24-14-20(21)12-19-6-4-3-5-18(19)11-16-7-9-17(10-8-16)13-25-23;3-2(4,5)1(6)7/h3-10,13-15,24H,2,11-12,23H2,1H3;(H,6,7)/b25-13-;. The van der Waals surface area contributed by atoms with E-state index in [1.54, 1.807) is 12.4 Å². The van der Waals surface area contributed by atoms with Crippen molar-refractivity contribution < 1.29 is 32.6 Å². The van der Waals surface area contributed by atoms with Gasteiger partial charge in [0, 0.05) is 18.8 Å². The van der Waals surface area contributed by atoms with Gasteiger partial charge >= 0.3 is 18.1 Å². The number of hydrogen-bond donors (Lipinski definition) is 3. The van der Waals surface area contributed by atoms with Gasteiger partial charge in [0.2, 0.25) is 0 Å². The van der Waals surface area contributed by atoms with Crippen molar-refractivity contribution in [1.29, 1.82) is 0 Å². The SMILES string of the molecule is CCOC(=O)c1c[nH]cc1Cc1ccccc1Cc1ccc(/C=N\N)cc1.O=C(O)C(F)(F)F. The Labute approximate surface area is 194 Å². The number of benzene rings is 2. The summed E-state index contributed by atoms with van der Waals surface area (Å²) in [4.78, 5) is 24.0. The summed E-state index contributed by atoms with van der Waals surface area (Å²) in [5.74, 6) is 2.15. The van der Waals surface area contributed by atoms with E-state index in [1.807, 2.05) is 37.4 Å². The van der Waals surface area contributed by atoms with Crippen molar-refractivity contribution >= 4 is 18.2 Å². The molecule has 0 aliphatic carbocycles. The molecule has 0 saturated carbocycles. The van der Waals surface area contributed by atoms with Gasteiger partial charge in [0.05, 0.1) is 18.4 Å². The molecule has 0 fully saturated rings. The molecule has 34 heavy (non-hydrogen) atoms. The zero-order valence-corrected chi connectivity index (χ0v) is 18.3. The van der Waals surface area contributed by atoms with Crippen molar-refractivity contribution in [2.24, 2.45) is 10.9 Å². The Morgan fingerprint density at radius 1 is 1.03 bits per heavy atom. The number of halogens is 3. The Morgan fingerprint density at radius 2 is 1.62 bits per heavy atom. The van der Waals surface area contributed by atoms with Gasteiger partial charge in [-0.15, -0.1) is 0 Å². The van der Waals surface area contributed by atoms with Gasteiger partial charge in [0.15, 0.2) is 0 Å². The van der Waals surface area contributed by atoms with E-state index >= 15 is 0 Å². The van der Waals surface area contributed by atoms with E-state index in [2.05, 4.69) is 34.4 Å². The van der Waals surface area contributed by atoms with Crippen LogP contribution in [0.1, 0.15) is 45.1 Å². The highest BCUT2D eigenvalue weighted by molar-refractivity contribution is 5.91. The number of carbonyl (C=O) groups is 2. The molecule has 1 heterocycles. The van der Waals surface area contributed by atoms with Crippen molar-refractivity contribution in [3.63, 3.8) is 0 Å². The maximum atomic E-state index is 12.1. The Balaban J connectivity index is 0.000000509. The highest BCUT2D eigenvalue weighted by Gasteiger charge is 2.38. The predicted octanol–water partition coefficient (Wildman–Crippen LogP) is 4.30. The van der Waals surface area contributed by atoms with Crippen LogP contribution in [0.15, 0.2) is 66.0 Å². The fraction of sp³-hybridized carbons (Fsp3) is 0.208. The molecule has 7 nitrogen and oxygen atoms in total. The molecular formula is C24H24F3N3O4. The zero-order valence-electron chi connectivity index (χ0n) is 18.3. The molecule has 2 aromatic carbocycles. The number of hydrogen-bond acceptors (Lipinski definition) is 5. The lowest BCUT2D eigenvalue weighted by Crippen LogP contribution is -2.21. The smallest absolute Gasteiger partial charge is 0.475 e. The van der Waals surface area contributed by atoms with Crippen molar-refractivity contribution in [3.8, 4) is 0 Å². The van der Waals surface area contributed by atoms with E-state index in [4.69, 9.17) is 20.5 Å². The molecule has 3 rings (SSSR count). The molecular weight excluding hydrogens is 451 g/mol. The minimum absolute atomic E-state index is 0.289.